The Morgan fingerprint density at radius 3 is 2.38 bits per heavy atom. The number of thioether (sulfide) groups is 1. The summed E-state index contributed by atoms with van der Waals surface area (Å²) in [5, 5.41) is 11.1. The summed E-state index contributed by atoms with van der Waals surface area (Å²) in [4.78, 5) is 17.7. The summed E-state index contributed by atoms with van der Waals surface area (Å²) in [6, 6.07) is 17.4. The van der Waals surface area contributed by atoms with E-state index in [-0.39, 0.29) is 17.4 Å². The molecule has 2 fully saturated rings. The molecule has 0 aromatic heterocycles. The highest BCUT2D eigenvalue weighted by Gasteiger charge is 2.40. The van der Waals surface area contributed by atoms with Crippen LogP contribution in [0.1, 0.15) is 62.6 Å². The molecular formula is C34H50N2O5S. The molecule has 2 heterocycles. The van der Waals surface area contributed by atoms with E-state index in [4.69, 9.17) is 14.2 Å². The minimum absolute atomic E-state index is 0.0930. The molecule has 0 atom stereocenters. The number of aromatic hydroxyl groups is 1. The van der Waals surface area contributed by atoms with Gasteiger partial charge in [0.05, 0.1) is 26.2 Å². The van der Waals surface area contributed by atoms with Crippen LogP contribution >= 0.6 is 11.8 Å². The van der Waals surface area contributed by atoms with Crippen molar-refractivity contribution < 1.29 is 24.1 Å². The molecule has 7 nitrogen and oxygen atoms in total. The Hall–Kier alpha value is -2.10. The number of hydrogen-bond acceptors (Lipinski definition) is 7. The Balaban J connectivity index is 1.37. The molecular weight excluding hydrogens is 548 g/mol. The van der Waals surface area contributed by atoms with E-state index in [1.54, 1.807) is 14.2 Å². The fourth-order valence-electron chi connectivity index (χ4n) is 6.47. The van der Waals surface area contributed by atoms with Crippen LogP contribution in [-0.2, 0) is 30.8 Å². The molecule has 2 aliphatic rings. The van der Waals surface area contributed by atoms with Crippen LogP contribution in [-0.4, -0.2) is 97.8 Å². The summed E-state index contributed by atoms with van der Waals surface area (Å²) >= 11 is 1.95. The third-order valence-corrected chi connectivity index (χ3v) is 10.2. The highest BCUT2D eigenvalue weighted by Crippen LogP contribution is 2.45. The standard InChI is InChI=1S/C34H50N2O5S/c1-26(2)35-18-16-34(17-19-35,28-8-6-5-7-9-28)30-24-27(10-11-31(30)37)12-20-41-21-13-32(38)36(25-33(39-3)40-4)29-14-22-42-23-15-29/h5-11,24,26,29,33,37H,12-23,25H2,1-4H3. The number of amides is 1. The Kier molecular flexibility index (Phi) is 12.6. The number of nitrogens with zero attached hydrogens (tertiary/aromatic N) is 2. The molecule has 1 amide bonds. The van der Waals surface area contributed by atoms with E-state index in [0.717, 1.165) is 67.8 Å². The first-order chi connectivity index (χ1) is 20.4. The second-order valence-electron chi connectivity index (χ2n) is 11.8. The first-order valence-corrected chi connectivity index (χ1v) is 16.7. The van der Waals surface area contributed by atoms with Crippen molar-refractivity contribution in [2.75, 3.05) is 58.6 Å². The molecule has 0 saturated carbocycles. The minimum atomic E-state index is -0.426. The van der Waals surface area contributed by atoms with Crippen LogP contribution < -0.4 is 0 Å². The molecule has 0 unspecified atom stereocenters. The molecule has 0 spiro atoms. The van der Waals surface area contributed by atoms with Gasteiger partial charge in [0.25, 0.3) is 0 Å². The number of phenols is 1. The number of carbonyl (C=O) groups excluding carboxylic acids is 1. The van der Waals surface area contributed by atoms with Crippen LogP contribution in [0.4, 0.5) is 0 Å². The lowest BCUT2D eigenvalue weighted by atomic mass is 9.67. The average Bonchev–Trinajstić information content (AvgIpc) is 3.03. The molecule has 4 rings (SSSR count). The summed E-state index contributed by atoms with van der Waals surface area (Å²) in [7, 11) is 3.23. The van der Waals surface area contributed by atoms with Crippen LogP contribution in [0, 0.1) is 0 Å². The second-order valence-corrected chi connectivity index (χ2v) is 13.1. The minimum Gasteiger partial charge on any atom is -0.508 e. The summed E-state index contributed by atoms with van der Waals surface area (Å²) in [5.41, 5.74) is 3.20. The van der Waals surface area contributed by atoms with Crippen LogP contribution in [0.3, 0.4) is 0 Å². The van der Waals surface area contributed by atoms with Gasteiger partial charge in [-0.1, -0.05) is 42.5 Å². The molecule has 8 heteroatoms. The largest absolute Gasteiger partial charge is 0.508 e. The average molecular weight is 599 g/mol. The predicted octanol–water partition coefficient (Wildman–Crippen LogP) is 5.47. The molecule has 42 heavy (non-hydrogen) atoms. The zero-order chi connectivity index (χ0) is 30.0. The summed E-state index contributed by atoms with van der Waals surface area (Å²) < 4.78 is 16.8. The molecule has 2 aromatic rings. The van der Waals surface area contributed by atoms with E-state index < -0.39 is 6.29 Å². The molecule has 0 aliphatic carbocycles. The number of hydrogen-bond donors (Lipinski definition) is 1. The van der Waals surface area contributed by atoms with Crippen LogP contribution in [0.15, 0.2) is 48.5 Å². The van der Waals surface area contributed by atoms with Gasteiger partial charge in [0.2, 0.25) is 5.91 Å². The van der Waals surface area contributed by atoms with Gasteiger partial charge in [-0.3, -0.25) is 4.79 Å². The number of likely N-dealkylation sites (tertiary alicyclic amines) is 1. The number of ether oxygens (including phenoxy) is 3. The first-order valence-electron chi connectivity index (χ1n) is 15.5. The molecule has 2 aromatic carbocycles. The zero-order valence-corrected chi connectivity index (χ0v) is 26.7. The maximum Gasteiger partial charge on any atom is 0.225 e. The van der Waals surface area contributed by atoms with Gasteiger partial charge >= 0.3 is 0 Å². The lowest BCUT2D eigenvalue weighted by Gasteiger charge is -2.44. The molecule has 2 aliphatic heterocycles. The number of piperidine rings is 1. The van der Waals surface area contributed by atoms with E-state index in [0.29, 0.717) is 38.0 Å². The molecule has 0 bridgehead atoms. The van der Waals surface area contributed by atoms with E-state index in [9.17, 15) is 9.90 Å². The number of rotatable bonds is 14. The van der Waals surface area contributed by atoms with Gasteiger partial charge in [0, 0.05) is 37.3 Å². The monoisotopic (exact) mass is 598 g/mol. The van der Waals surface area contributed by atoms with E-state index in [2.05, 4.69) is 55.1 Å². The Morgan fingerprint density at radius 1 is 1.05 bits per heavy atom. The maximum atomic E-state index is 13.2. The van der Waals surface area contributed by atoms with Crippen molar-refractivity contribution in [2.45, 2.75) is 76.2 Å². The van der Waals surface area contributed by atoms with E-state index in [1.165, 1.54) is 5.56 Å². The van der Waals surface area contributed by atoms with Crippen molar-refractivity contribution in [2.24, 2.45) is 0 Å². The van der Waals surface area contributed by atoms with Crippen molar-refractivity contribution in [3.63, 3.8) is 0 Å². The van der Waals surface area contributed by atoms with Crippen molar-refractivity contribution in [1.82, 2.24) is 9.80 Å². The van der Waals surface area contributed by atoms with Gasteiger partial charge in [-0.25, -0.2) is 0 Å². The van der Waals surface area contributed by atoms with Gasteiger partial charge < -0.3 is 29.1 Å². The van der Waals surface area contributed by atoms with Gasteiger partial charge in [-0.2, -0.15) is 11.8 Å². The number of carbonyl (C=O) groups is 1. The first kappa shape index (κ1) is 32.8. The van der Waals surface area contributed by atoms with Crippen molar-refractivity contribution >= 4 is 17.7 Å². The van der Waals surface area contributed by atoms with Crippen molar-refractivity contribution in [3.05, 3.63) is 65.2 Å². The SMILES string of the molecule is COC(CN(C(=O)CCOCCc1ccc(O)c(C2(c3ccccc3)CCN(C(C)C)CC2)c1)C1CCSCC1)OC. The Bertz CT molecular complexity index is 1100. The molecule has 0 radical (unpaired) electrons. The van der Waals surface area contributed by atoms with Crippen LogP contribution in [0.5, 0.6) is 5.75 Å². The maximum absolute atomic E-state index is 13.2. The summed E-state index contributed by atoms with van der Waals surface area (Å²) in [6.45, 7) is 7.85. The highest BCUT2D eigenvalue weighted by atomic mass is 32.2. The number of phenolic OH excluding ortho intramolecular Hbond substituents is 1. The number of benzene rings is 2. The van der Waals surface area contributed by atoms with Gasteiger partial charge in [-0.15, -0.1) is 0 Å². The lowest BCUT2D eigenvalue weighted by Crippen LogP contribution is -2.47. The molecule has 2 saturated heterocycles. The normalized spacial score (nSPS) is 18.0. The van der Waals surface area contributed by atoms with Gasteiger partial charge in [0.15, 0.2) is 6.29 Å². The topological polar surface area (TPSA) is 71.5 Å². The molecule has 232 valence electrons. The van der Waals surface area contributed by atoms with Crippen LogP contribution in [0.2, 0.25) is 0 Å². The highest BCUT2D eigenvalue weighted by molar-refractivity contribution is 7.99. The smallest absolute Gasteiger partial charge is 0.225 e. The van der Waals surface area contributed by atoms with Gasteiger partial charge in [0.1, 0.15) is 5.75 Å². The fraction of sp³-hybridized carbons (Fsp3) is 0.618. The van der Waals surface area contributed by atoms with Crippen LogP contribution in [0.25, 0.3) is 0 Å². The Morgan fingerprint density at radius 2 is 1.74 bits per heavy atom. The quantitative estimate of drug-likeness (QED) is 0.228. The summed E-state index contributed by atoms with van der Waals surface area (Å²) in [5.74, 6) is 2.60. The third-order valence-electron chi connectivity index (χ3n) is 9.10. The third kappa shape index (κ3) is 8.29. The second kappa shape index (κ2) is 16.1. The summed E-state index contributed by atoms with van der Waals surface area (Å²) in [6.07, 6.45) is 4.57. The predicted molar refractivity (Wildman–Crippen MR) is 170 cm³/mol. The fourth-order valence-corrected chi connectivity index (χ4v) is 7.55. The van der Waals surface area contributed by atoms with E-state index >= 15 is 0 Å². The van der Waals surface area contributed by atoms with Gasteiger partial charge in [-0.05, 0) is 87.7 Å². The Labute approximate surface area is 256 Å². The van der Waals surface area contributed by atoms with E-state index in [1.807, 2.05) is 28.8 Å². The molecule has 1 N–H and O–H groups in total. The lowest BCUT2D eigenvalue weighted by molar-refractivity contribution is -0.150. The zero-order valence-electron chi connectivity index (χ0n) is 25.9. The number of methoxy groups -OCH3 is 2. The van der Waals surface area contributed by atoms with Crippen molar-refractivity contribution in [1.29, 1.82) is 0 Å². The van der Waals surface area contributed by atoms with Crippen molar-refractivity contribution in [3.8, 4) is 5.75 Å².